The summed E-state index contributed by atoms with van der Waals surface area (Å²) in [6.45, 7) is 7.13. The molecule has 1 amide bonds. The lowest BCUT2D eigenvalue weighted by atomic mass is 10.0. The molecule has 0 saturated carbocycles. The van der Waals surface area contributed by atoms with Gasteiger partial charge in [0.2, 0.25) is 0 Å². The van der Waals surface area contributed by atoms with E-state index in [1.165, 1.54) is 15.8 Å². The number of hydrogen-bond donors (Lipinski definition) is 0. The summed E-state index contributed by atoms with van der Waals surface area (Å²) in [5.41, 5.74) is 4.71. The second kappa shape index (κ2) is 7.12. The van der Waals surface area contributed by atoms with Crippen molar-refractivity contribution in [3.8, 4) is 0 Å². The van der Waals surface area contributed by atoms with Gasteiger partial charge in [0.05, 0.1) is 16.6 Å². The van der Waals surface area contributed by atoms with Gasteiger partial charge in [-0.3, -0.25) is 4.79 Å². The summed E-state index contributed by atoms with van der Waals surface area (Å²) < 4.78 is 3.31. The average Bonchev–Trinajstić information content (AvgIpc) is 2.98. The summed E-state index contributed by atoms with van der Waals surface area (Å²) in [5.74, 6) is -0.103. The fourth-order valence-corrected chi connectivity index (χ4v) is 4.66. The Hall–Kier alpha value is -2.72. The van der Waals surface area contributed by atoms with Crippen molar-refractivity contribution >= 4 is 38.2 Å². The second-order valence-electron chi connectivity index (χ2n) is 6.85. The number of amides is 1. The quantitative estimate of drug-likeness (QED) is 0.487. The molecule has 0 saturated heterocycles. The zero-order chi connectivity index (χ0) is 19.0. The summed E-state index contributed by atoms with van der Waals surface area (Å²) in [7, 11) is 0. The summed E-state index contributed by atoms with van der Waals surface area (Å²) in [6.07, 6.45) is 0.317. The Morgan fingerprint density at radius 3 is 2.59 bits per heavy atom. The van der Waals surface area contributed by atoms with Crippen LogP contribution in [-0.2, 0) is 17.8 Å². The summed E-state index contributed by atoms with van der Waals surface area (Å²) in [5, 5.41) is 2.27. The third kappa shape index (κ3) is 3.33. The first kappa shape index (κ1) is 17.7. The number of carbonyl (C=O) groups excluding carboxylic acids is 1. The third-order valence-corrected chi connectivity index (χ3v) is 6.10. The molecule has 0 fully saturated rings. The first-order chi connectivity index (χ1) is 13.1. The molecule has 0 radical (unpaired) electrons. The highest BCUT2D eigenvalue weighted by molar-refractivity contribution is 7.16. The maximum Gasteiger partial charge on any atom is 0.252 e. The van der Waals surface area contributed by atoms with Gasteiger partial charge in [-0.25, -0.2) is 0 Å². The number of thiazole rings is 1. The highest BCUT2D eigenvalue weighted by Crippen LogP contribution is 2.22. The molecule has 0 atom stereocenters. The van der Waals surface area contributed by atoms with Gasteiger partial charge in [-0.2, -0.15) is 4.99 Å². The number of aromatic nitrogens is 1. The standard InChI is InChI=1S/C23H22N2OS/c1-4-25-20-12-15(2)16(3)13-21(20)27-23(25)24-22(26)14-18-10-7-9-17-8-5-6-11-19(17)18/h5-13H,4,14H2,1-3H3. The first-order valence-electron chi connectivity index (χ1n) is 9.21. The van der Waals surface area contributed by atoms with Gasteiger partial charge in [0.25, 0.3) is 5.91 Å². The van der Waals surface area contributed by atoms with Gasteiger partial charge in [-0.1, -0.05) is 53.8 Å². The Kier molecular flexibility index (Phi) is 4.66. The van der Waals surface area contributed by atoms with Crippen molar-refractivity contribution in [2.24, 2.45) is 4.99 Å². The molecular formula is C23H22N2OS. The van der Waals surface area contributed by atoms with Crippen molar-refractivity contribution in [1.29, 1.82) is 0 Å². The molecule has 1 heterocycles. The van der Waals surface area contributed by atoms with Gasteiger partial charge in [0.1, 0.15) is 0 Å². The molecule has 4 aromatic rings. The Balaban J connectivity index is 1.76. The zero-order valence-electron chi connectivity index (χ0n) is 15.8. The number of aryl methyl sites for hydroxylation is 3. The van der Waals surface area contributed by atoms with E-state index in [4.69, 9.17) is 0 Å². The minimum atomic E-state index is -0.103. The number of nitrogens with zero attached hydrogens (tertiary/aromatic N) is 2. The van der Waals surface area contributed by atoms with Crippen molar-refractivity contribution in [1.82, 2.24) is 4.57 Å². The van der Waals surface area contributed by atoms with Crippen molar-refractivity contribution in [3.05, 3.63) is 76.1 Å². The van der Waals surface area contributed by atoms with Gasteiger partial charge in [-0.05, 0) is 60.4 Å². The molecule has 4 rings (SSSR count). The fraction of sp³-hybridized carbons (Fsp3) is 0.217. The molecule has 0 aliphatic carbocycles. The minimum Gasteiger partial charge on any atom is -0.317 e. The van der Waals surface area contributed by atoms with Crippen LogP contribution >= 0.6 is 11.3 Å². The highest BCUT2D eigenvalue weighted by Gasteiger charge is 2.10. The van der Waals surface area contributed by atoms with Crippen LogP contribution in [0.25, 0.3) is 21.0 Å². The first-order valence-corrected chi connectivity index (χ1v) is 10.0. The van der Waals surface area contributed by atoms with Crippen LogP contribution in [0.2, 0.25) is 0 Å². The van der Waals surface area contributed by atoms with E-state index in [0.29, 0.717) is 6.42 Å². The van der Waals surface area contributed by atoms with E-state index in [1.807, 2.05) is 24.3 Å². The van der Waals surface area contributed by atoms with Gasteiger partial charge >= 0.3 is 0 Å². The molecule has 0 aliphatic heterocycles. The maximum absolute atomic E-state index is 12.7. The average molecular weight is 375 g/mol. The van der Waals surface area contributed by atoms with E-state index in [9.17, 15) is 4.79 Å². The molecule has 0 bridgehead atoms. The summed E-state index contributed by atoms with van der Waals surface area (Å²) in [6, 6.07) is 18.6. The van der Waals surface area contributed by atoms with E-state index in [2.05, 4.69) is 60.7 Å². The molecule has 0 spiro atoms. The highest BCUT2D eigenvalue weighted by atomic mass is 32.1. The molecule has 3 aromatic carbocycles. The Bertz CT molecular complexity index is 1230. The largest absolute Gasteiger partial charge is 0.317 e. The van der Waals surface area contributed by atoms with Crippen LogP contribution in [0.1, 0.15) is 23.6 Å². The predicted molar refractivity (Wildman–Crippen MR) is 113 cm³/mol. The van der Waals surface area contributed by atoms with Gasteiger partial charge in [0, 0.05) is 6.54 Å². The molecule has 0 aliphatic rings. The molecular weight excluding hydrogens is 352 g/mol. The predicted octanol–water partition coefficient (Wildman–Crippen LogP) is 5.16. The Morgan fingerprint density at radius 2 is 1.78 bits per heavy atom. The number of benzene rings is 3. The Labute approximate surface area is 162 Å². The monoisotopic (exact) mass is 374 g/mol. The lowest BCUT2D eigenvalue weighted by Crippen LogP contribution is -2.16. The van der Waals surface area contributed by atoms with E-state index in [0.717, 1.165) is 33.2 Å². The topological polar surface area (TPSA) is 34.4 Å². The van der Waals surface area contributed by atoms with E-state index in [-0.39, 0.29) is 5.91 Å². The van der Waals surface area contributed by atoms with Crippen molar-refractivity contribution in [2.45, 2.75) is 33.7 Å². The molecule has 3 nitrogen and oxygen atoms in total. The molecule has 4 heteroatoms. The molecule has 136 valence electrons. The van der Waals surface area contributed by atoms with Crippen LogP contribution in [0.3, 0.4) is 0 Å². The van der Waals surface area contributed by atoms with Crippen molar-refractivity contribution < 1.29 is 4.79 Å². The van der Waals surface area contributed by atoms with Gasteiger partial charge in [-0.15, -0.1) is 0 Å². The lowest BCUT2D eigenvalue weighted by molar-refractivity contribution is -0.117. The fourth-order valence-electron chi connectivity index (χ4n) is 3.47. The maximum atomic E-state index is 12.7. The van der Waals surface area contributed by atoms with Crippen molar-refractivity contribution in [3.63, 3.8) is 0 Å². The lowest BCUT2D eigenvalue weighted by Gasteiger charge is -2.05. The third-order valence-electron chi connectivity index (χ3n) is 5.06. The van der Waals surface area contributed by atoms with E-state index >= 15 is 0 Å². The molecule has 0 N–H and O–H groups in total. The van der Waals surface area contributed by atoms with Crippen LogP contribution in [0.4, 0.5) is 0 Å². The zero-order valence-corrected chi connectivity index (χ0v) is 16.6. The summed E-state index contributed by atoms with van der Waals surface area (Å²) >= 11 is 1.59. The molecule has 27 heavy (non-hydrogen) atoms. The van der Waals surface area contributed by atoms with Crippen molar-refractivity contribution in [2.75, 3.05) is 0 Å². The van der Waals surface area contributed by atoms with Crippen LogP contribution in [-0.4, -0.2) is 10.5 Å². The second-order valence-corrected chi connectivity index (χ2v) is 7.86. The molecule has 1 aromatic heterocycles. The van der Waals surface area contributed by atoms with Crippen LogP contribution in [0.5, 0.6) is 0 Å². The van der Waals surface area contributed by atoms with E-state index < -0.39 is 0 Å². The number of fused-ring (bicyclic) bond motifs is 2. The SMILES string of the molecule is CCn1c(=NC(=O)Cc2cccc3ccccc23)sc2cc(C)c(C)cc21. The summed E-state index contributed by atoms with van der Waals surface area (Å²) in [4.78, 5) is 18.0. The van der Waals surface area contributed by atoms with Gasteiger partial charge < -0.3 is 4.57 Å². The normalized spacial score (nSPS) is 12.2. The molecule has 0 unspecified atom stereocenters. The number of carbonyl (C=O) groups is 1. The smallest absolute Gasteiger partial charge is 0.252 e. The minimum absolute atomic E-state index is 0.103. The van der Waals surface area contributed by atoms with E-state index in [1.54, 1.807) is 11.3 Å². The van der Waals surface area contributed by atoms with Crippen LogP contribution in [0, 0.1) is 13.8 Å². The van der Waals surface area contributed by atoms with Gasteiger partial charge in [0.15, 0.2) is 4.80 Å². The number of hydrogen-bond acceptors (Lipinski definition) is 2. The van der Waals surface area contributed by atoms with Crippen LogP contribution < -0.4 is 4.80 Å². The van der Waals surface area contributed by atoms with Crippen LogP contribution in [0.15, 0.2) is 59.6 Å². The number of rotatable bonds is 3. The Morgan fingerprint density at radius 1 is 1.04 bits per heavy atom.